The van der Waals surface area contributed by atoms with Gasteiger partial charge in [0.25, 0.3) is 11.6 Å². The van der Waals surface area contributed by atoms with E-state index in [-0.39, 0.29) is 22.2 Å². The van der Waals surface area contributed by atoms with Gasteiger partial charge in [0.15, 0.2) is 0 Å². The lowest BCUT2D eigenvalue weighted by molar-refractivity contribution is -0.384. The number of nitro benzene ring substituents is 1. The second-order valence-electron chi connectivity index (χ2n) is 4.59. The number of nitrogens with one attached hydrogen (secondary N) is 1. The van der Waals surface area contributed by atoms with Gasteiger partial charge in [-0.15, -0.1) is 0 Å². The first-order valence-corrected chi connectivity index (χ1v) is 7.85. The lowest BCUT2D eigenvalue weighted by atomic mass is 10.1. The molecule has 0 aliphatic carbocycles. The number of carbonyl (C=O) groups is 1. The number of nitrogens with zero attached hydrogens (tertiary/aromatic N) is 1. The molecule has 1 amide bonds. The molecule has 1 atom stereocenters. The van der Waals surface area contributed by atoms with Crippen LogP contribution in [0.25, 0.3) is 0 Å². The van der Waals surface area contributed by atoms with Crippen LogP contribution in [0.2, 0.25) is 5.02 Å². The normalized spacial score (nSPS) is 18.6. The van der Waals surface area contributed by atoms with Crippen molar-refractivity contribution in [3.05, 3.63) is 38.9 Å². The Morgan fingerprint density at radius 3 is 2.95 bits per heavy atom. The lowest BCUT2D eigenvalue weighted by Crippen LogP contribution is -2.32. The van der Waals surface area contributed by atoms with Crippen LogP contribution in [0.3, 0.4) is 0 Å². The third-order valence-electron chi connectivity index (χ3n) is 3.18. The molecule has 2 rings (SSSR count). The van der Waals surface area contributed by atoms with E-state index in [1.54, 1.807) is 0 Å². The van der Waals surface area contributed by atoms with Crippen LogP contribution in [0, 0.1) is 10.1 Å². The highest BCUT2D eigenvalue weighted by Crippen LogP contribution is 2.28. The van der Waals surface area contributed by atoms with Crippen molar-refractivity contribution in [1.82, 2.24) is 5.32 Å². The summed E-state index contributed by atoms with van der Waals surface area (Å²) in [6.45, 7) is 0.572. The first-order valence-electron chi connectivity index (χ1n) is 6.42. The summed E-state index contributed by atoms with van der Waals surface area (Å²) in [5, 5.41) is 13.9. The second-order valence-corrected chi connectivity index (χ2v) is 6.38. The van der Waals surface area contributed by atoms with Crippen molar-refractivity contribution in [2.75, 3.05) is 12.3 Å². The van der Waals surface area contributed by atoms with E-state index >= 15 is 0 Å². The summed E-state index contributed by atoms with van der Waals surface area (Å²) in [4.78, 5) is 22.3. The summed E-state index contributed by atoms with van der Waals surface area (Å²) < 4.78 is 0. The molecular weight excluding hydrogens is 300 g/mol. The summed E-state index contributed by atoms with van der Waals surface area (Å²) >= 11 is 7.77. The molecule has 108 valence electrons. The number of hydrogen-bond donors (Lipinski definition) is 1. The van der Waals surface area contributed by atoms with E-state index in [2.05, 4.69) is 5.32 Å². The Hall–Kier alpha value is -1.27. The molecule has 1 unspecified atom stereocenters. The van der Waals surface area contributed by atoms with Crippen LogP contribution in [0.1, 0.15) is 29.6 Å². The van der Waals surface area contributed by atoms with Crippen LogP contribution in [0.4, 0.5) is 5.69 Å². The third kappa shape index (κ3) is 3.64. The average molecular weight is 315 g/mol. The van der Waals surface area contributed by atoms with E-state index < -0.39 is 4.92 Å². The summed E-state index contributed by atoms with van der Waals surface area (Å²) in [6, 6.07) is 4.25. The molecule has 1 fully saturated rings. The van der Waals surface area contributed by atoms with Crippen LogP contribution in [0.15, 0.2) is 18.2 Å². The van der Waals surface area contributed by atoms with Crippen molar-refractivity contribution in [2.24, 2.45) is 0 Å². The molecule has 1 N–H and O–H groups in total. The Morgan fingerprint density at radius 1 is 1.50 bits per heavy atom. The highest BCUT2D eigenvalue weighted by Gasteiger charge is 2.21. The minimum atomic E-state index is -0.587. The zero-order valence-corrected chi connectivity index (χ0v) is 12.4. The number of hydrogen-bond acceptors (Lipinski definition) is 4. The van der Waals surface area contributed by atoms with Crippen molar-refractivity contribution in [2.45, 2.75) is 24.5 Å². The van der Waals surface area contributed by atoms with Gasteiger partial charge < -0.3 is 5.32 Å². The fraction of sp³-hybridized carbons (Fsp3) is 0.462. The summed E-state index contributed by atoms with van der Waals surface area (Å²) in [5.41, 5.74) is -0.0898. The second kappa shape index (κ2) is 6.95. The van der Waals surface area contributed by atoms with Crippen molar-refractivity contribution in [3.63, 3.8) is 0 Å². The molecule has 0 saturated carbocycles. The van der Waals surface area contributed by atoms with Gasteiger partial charge in [-0.1, -0.05) is 24.1 Å². The number of thioether (sulfide) groups is 1. The first kappa shape index (κ1) is 15.1. The number of amides is 1. The minimum Gasteiger partial charge on any atom is -0.351 e. The van der Waals surface area contributed by atoms with Crippen LogP contribution in [0.5, 0.6) is 0 Å². The summed E-state index contributed by atoms with van der Waals surface area (Å²) in [6.07, 6.45) is 3.50. The molecule has 0 radical (unpaired) electrons. The maximum atomic E-state index is 12.1. The van der Waals surface area contributed by atoms with E-state index in [1.807, 2.05) is 11.8 Å². The number of rotatable bonds is 4. The van der Waals surface area contributed by atoms with Gasteiger partial charge in [-0.3, -0.25) is 14.9 Å². The predicted octanol–water partition coefficient (Wildman–Crippen LogP) is 3.26. The number of benzene rings is 1. The van der Waals surface area contributed by atoms with Gasteiger partial charge in [-0.25, -0.2) is 0 Å². The molecule has 0 spiro atoms. The first-order chi connectivity index (χ1) is 9.59. The Balaban J connectivity index is 2.01. The Labute approximate surface area is 126 Å². The maximum Gasteiger partial charge on any atom is 0.288 e. The van der Waals surface area contributed by atoms with Crippen LogP contribution < -0.4 is 5.32 Å². The van der Waals surface area contributed by atoms with Crippen molar-refractivity contribution < 1.29 is 9.72 Å². The highest BCUT2D eigenvalue weighted by atomic mass is 35.5. The number of nitro groups is 1. The zero-order chi connectivity index (χ0) is 14.5. The van der Waals surface area contributed by atoms with E-state index in [9.17, 15) is 14.9 Å². The fourth-order valence-corrected chi connectivity index (χ4v) is 3.63. The van der Waals surface area contributed by atoms with E-state index in [0.29, 0.717) is 11.8 Å². The number of carbonyl (C=O) groups excluding carboxylic acids is 1. The smallest absolute Gasteiger partial charge is 0.288 e. The molecular formula is C13H15ClN2O3S. The van der Waals surface area contributed by atoms with Gasteiger partial charge in [0, 0.05) is 17.9 Å². The average Bonchev–Trinajstić information content (AvgIpc) is 2.46. The van der Waals surface area contributed by atoms with Crippen LogP contribution >= 0.6 is 23.4 Å². The molecule has 7 heteroatoms. The molecule has 20 heavy (non-hydrogen) atoms. The van der Waals surface area contributed by atoms with Gasteiger partial charge in [0.2, 0.25) is 0 Å². The van der Waals surface area contributed by atoms with Crippen molar-refractivity contribution >= 4 is 35.0 Å². The van der Waals surface area contributed by atoms with E-state index in [1.165, 1.54) is 31.0 Å². The van der Waals surface area contributed by atoms with E-state index in [4.69, 9.17) is 11.6 Å². The van der Waals surface area contributed by atoms with Crippen LogP contribution in [-0.2, 0) is 0 Å². The predicted molar refractivity (Wildman–Crippen MR) is 80.5 cm³/mol. The van der Waals surface area contributed by atoms with Gasteiger partial charge >= 0.3 is 0 Å². The molecule has 1 aliphatic rings. The quantitative estimate of drug-likeness (QED) is 0.684. The van der Waals surface area contributed by atoms with E-state index in [0.717, 1.165) is 12.2 Å². The highest BCUT2D eigenvalue weighted by molar-refractivity contribution is 7.99. The number of halogens is 1. The monoisotopic (exact) mass is 314 g/mol. The largest absolute Gasteiger partial charge is 0.351 e. The Morgan fingerprint density at radius 2 is 2.30 bits per heavy atom. The van der Waals surface area contributed by atoms with Crippen molar-refractivity contribution in [3.8, 4) is 0 Å². The van der Waals surface area contributed by atoms with Gasteiger partial charge in [0.05, 0.1) is 10.5 Å². The molecule has 0 aromatic heterocycles. The van der Waals surface area contributed by atoms with Gasteiger partial charge in [0.1, 0.15) is 5.02 Å². The van der Waals surface area contributed by atoms with Crippen LogP contribution in [-0.4, -0.2) is 28.4 Å². The molecule has 1 aromatic carbocycles. The topological polar surface area (TPSA) is 72.2 Å². The standard InChI is InChI=1S/C13H15ClN2O3S/c14-12-10(5-3-6-11(12)16(18)19)13(17)15-8-9-4-1-2-7-20-9/h3,5-6,9H,1-2,4,7-8H2,(H,15,17). The summed E-state index contributed by atoms with van der Waals surface area (Å²) in [5.74, 6) is 0.767. The summed E-state index contributed by atoms with van der Waals surface area (Å²) in [7, 11) is 0. The molecule has 1 saturated heterocycles. The maximum absolute atomic E-state index is 12.1. The lowest BCUT2D eigenvalue weighted by Gasteiger charge is -2.21. The van der Waals surface area contributed by atoms with Gasteiger partial charge in [-0.2, -0.15) is 11.8 Å². The minimum absolute atomic E-state index is 0.105. The Bertz CT molecular complexity index is 518. The fourth-order valence-electron chi connectivity index (χ4n) is 2.11. The van der Waals surface area contributed by atoms with Crippen molar-refractivity contribution in [1.29, 1.82) is 0 Å². The molecule has 5 nitrogen and oxygen atoms in total. The zero-order valence-electron chi connectivity index (χ0n) is 10.8. The molecule has 0 bridgehead atoms. The molecule has 1 heterocycles. The SMILES string of the molecule is O=C(NCC1CCCCS1)c1cccc([N+](=O)[O-])c1Cl. The van der Waals surface area contributed by atoms with Gasteiger partial charge in [-0.05, 0) is 24.7 Å². The Kier molecular flexibility index (Phi) is 5.25. The molecule has 1 aliphatic heterocycles. The third-order valence-corrected chi connectivity index (χ3v) is 4.98. The molecule has 1 aromatic rings.